The summed E-state index contributed by atoms with van der Waals surface area (Å²) in [5.74, 6) is 1.35. The molecule has 1 fully saturated rings. The summed E-state index contributed by atoms with van der Waals surface area (Å²) in [6.45, 7) is 3.89. The van der Waals surface area contributed by atoms with E-state index in [1.54, 1.807) is 20.4 Å². The Kier molecular flexibility index (Phi) is 11.1. The molecule has 1 aromatic heterocycles. The molecule has 13 nitrogen and oxygen atoms in total. The summed E-state index contributed by atoms with van der Waals surface area (Å²) in [4.78, 5) is 11.8. The van der Waals surface area contributed by atoms with E-state index in [0.29, 0.717) is 42.6 Å². The van der Waals surface area contributed by atoms with Gasteiger partial charge in [-0.1, -0.05) is 53.7 Å². The molecule has 1 aliphatic rings. The summed E-state index contributed by atoms with van der Waals surface area (Å²) in [6.07, 6.45) is -3.26. The molecule has 13 heteroatoms. The number of aliphatic hydroxyl groups excluding tert-OH is 3. The van der Waals surface area contributed by atoms with Crippen molar-refractivity contribution in [2.24, 2.45) is 0 Å². The predicted molar refractivity (Wildman–Crippen MR) is 172 cm³/mol. The van der Waals surface area contributed by atoms with Crippen LogP contribution in [0, 0.1) is 6.92 Å². The Morgan fingerprint density at radius 1 is 1.00 bits per heavy atom. The molecule has 0 unspecified atom stereocenters. The van der Waals surface area contributed by atoms with Crippen LogP contribution in [0.5, 0.6) is 17.2 Å². The molecule has 2 heterocycles. The Morgan fingerprint density at radius 2 is 1.72 bits per heavy atom. The fourth-order valence-electron chi connectivity index (χ4n) is 5.70. The van der Waals surface area contributed by atoms with Crippen molar-refractivity contribution < 1.29 is 39.1 Å². The van der Waals surface area contributed by atoms with E-state index >= 15 is 0 Å². The summed E-state index contributed by atoms with van der Waals surface area (Å²) in [6, 6.07) is 19.1. The molecule has 3 aromatic carbocycles. The van der Waals surface area contributed by atoms with Crippen molar-refractivity contribution >= 4 is 5.91 Å². The molecular formula is C34H41N5O8. The molecule has 0 radical (unpaired) electrons. The second kappa shape index (κ2) is 15.4. The van der Waals surface area contributed by atoms with Gasteiger partial charge in [-0.15, -0.1) is 5.10 Å². The number of carbonyl (C=O) groups excluding carboxylic acids is 1. The number of nitrogens with one attached hydrogen (secondary N) is 2. The lowest BCUT2D eigenvalue weighted by molar-refractivity contribution is -0.219. The van der Waals surface area contributed by atoms with Crippen LogP contribution in [-0.4, -0.2) is 81.4 Å². The number of benzene rings is 3. The Labute approximate surface area is 273 Å². The van der Waals surface area contributed by atoms with Crippen molar-refractivity contribution in [3.8, 4) is 28.4 Å². The lowest BCUT2D eigenvalue weighted by Crippen LogP contribution is -2.62. The van der Waals surface area contributed by atoms with E-state index in [1.165, 1.54) is 11.6 Å². The minimum atomic E-state index is -1.39. The summed E-state index contributed by atoms with van der Waals surface area (Å²) in [5, 5.41) is 44.7. The lowest BCUT2D eigenvalue weighted by atomic mass is 9.96. The molecule has 0 bridgehead atoms. The number of nitrogens with zero attached hydrogens (tertiary/aromatic N) is 3. The smallest absolute Gasteiger partial charge is 0.217 e. The van der Waals surface area contributed by atoms with Crippen molar-refractivity contribution in [3.05, 3.63) is 89.2 Å². The second-order valence-electron chi connectivity index (χ2n) is 11.3. The molecule has 4 aromatic rings. The molecule has 0 saturated carbocycles. The first-order chi connectivity index (χ1) is 22.7. The van der Waals surface area contributed by atoms with Gasteiger partial charge in [-0.2, -0.15) is 0 Å². The molecule has 1 aliphatic heterocycles. The Hall–Kier alpha value is -4.53. The number of aliphatic hydroxyl groups is 3. The first kappa shape index (κ1) is 33.8. The highest BCUT2D eigenvalue weighted by atomic mass is 16.5. The number of ether oxygens (including phenoxy) is 4. The minimum Gasteiger partial charge on any atom is -0.496 e. The SMILES string of the molecule is COc1cc(OCc2cccc(-c3ccccc3)c2C)cc(OC)c1CNCc1cn([C@@H]2O[C@H](CO)[C@@H](O)[C@H](O)[C@H]2NC(C)=O)nn1. The van der Waals surface area contributed by atoms with Gasteiger partial charge in [0.25, 0.3) is 0 Å². The maximum absolute atomic E-state index is 11.8. The number of amides is 1. The van der Waals surface area contributed by atoms with Gasteiger partial charge < -0.3 is 44.9 Å². The van der Waals surface area contributed by atoms with Gasteiger partial charge in [0.2, 0.25) is 5.91 Å². The highest BCUT2D eigenvalue weighted by Crippen LogP contribution is 2.35. The first-order valence-electron chi connectivity index (χ1n) is 15.3. The highest BCUT2D eigenvalue weighted by Gasteiger charge is 2.46. The van der Waals surface area contributed by atoms with Gasteiger partial charge in [-0.3, -0.25) is 4.79 Å². The summed E-state index contributed by atoms with van der Waals surface area (Å²) in [5.41, 5.74) is 5.86. The largest absolute Gasteiger partial charge is 0.496 e. The van der Waals surface area contributed by atoms with Gasteiger partial charge >= 0.3 is 0 Å². The molecule has 5 atom stereocenters. The van der Waals surface area contributed by atoms with Gasteiger partial charge in [0.15, 0.2) is 6.23 Å². The average molecular weight is 648 g/mol. The maximum atomic E-state index is 11.8. The zero-order chi connectivity index (χ0) is 33.5. The molecule has 0 spiro atoms. The van der Waals surface area contributed by atoms with Crippen molar-refractivity contribution in [2.75, 3.05) is 20.8 Å². The van der Waals surface area contributed by atoms with Crippen LogP contribution in [0.25, 0.3) is 11.1 Å². The van der Waals surface area contributed by atoms with Crippen LogP contribution in [0.1, 0.15) is 35.5 Å². The van der Waals surface area contributed by atoms with E-state index in [1.807, 2.05) is 36.4 Å². The molecule has 1 saturated heterocycles. The second-order valence-corrected chi connectivity index (χ2v) is 11.3. The number of methoxy groups -OCH3 is 2. The van der Waals surface area contributed by atoms with E-state index in [0.717, 1.165) is 27.8 Å². The van der Waals surface area contributed by atoms with Gasteiger partial charge in [-0.05, 0) is 29.2 Å². The summed E-state index contributed by atoms with van der Waals surface area (Å²) < 4.78 is 24.7. The zero-order valence-electron chi connectivity index (χ0n) is 26.8. The van der Waals surface area contributed by atoms with Crippen LogP contribution in [0.2, 0.25) is 0 Å². The van der Waals surface area contributed by atoms with E-state index in [2.05, 4.69) is 52.1 Å². The lowest BCUT2D eigenvalue weighted by Gasteiger charge is -2.42. The monoisotopic (exact) mass is 647 g/mol. The van der Waals surface area contributed by atoms with E-state index in [9.17, 15) is 20.1 Å². The van der Waals surface area contributed by atoms with Gasteiger partial charge in [-0.25, -0.2) is 4.68 Å². The number of rotatable bonds is 13. The molecule has 47 heavy (non-hydrogen) atoms. The Balaban J connectivity index is 1.25. The third-order valence-corrected chi connectivity index (χ3v) is 8.20. The number of hydrogen-bond donors (Lipinski definition) is 5. The Morgan fingerprint density at radius 3 is 2.38 bits per heavy atom. The third kappa shape index (κ3) is 7.72. The topological polar surface area (TPSA) is 169 Å². The molecule has 250 valence electrons. The van der Waals surface area contributed by atoms with Crippen LogP contribution in [0.4, 0.5) is 0 Å². The third-order valence-electron chi connectivity index (χ3n) is 8.20. The van der Waals surface area contributed by atoms with Crippen LogP contribution in [0.3, 0.4) is 0 Å². The summed E-state index contributed by atoms with van der Waals surface area (Å²) >= 11 is 0. The Bertz CT molecular complexity index is 1620. The van der Waals surface area contributed by atoms with Gasteiger partial charge in [0, 0.05) is 32.1 Å². The van der Waals surface area contributed by atoms with Crippen molar-refractivity contribution in [3.63, 3.8) is 0 Å². The minimum absolute atomic E-state index is 0.299. The summed E-state index contributed by atoms with van der Waals surface area (Å²) in [7, 11) is 3.17. The molecule has 5 rings (SSSR count). The average Bonchev–Trinajstić information content (AvgIpc) is 3.55. The molecule has 1 amide bonds. The number of aromatic nitrogens is 3. The van der Waals surface area contributed by atoms with Crippen LogP contribution < -0.4 is 24.8 Å². The normalized spacial score (nSPS) is 20.9. The van der Waals surface area contributed by atoms with Crippen LogP contribution in [-0.2, 0) is 29.2 Å². The van der Waals surface area contributed by atoms with E-state index < -0.39 is 43.1 Å². The van der Waals surface area contributed by atoms with Gasteiger partial charge in [0.1, 0.15) is 48.2 Å². The maximum Gasteiger partial charge on any atom is 0.217 e. The predicted octanol–water partition coefficient (Wildman–Crippen LogP) is 2.26. The molecule has 0 aliphatic carbocycles. The van der Waals surface area contributed by atoms with Crippen LogP contribution in [0.15, 0.2) is 66.9 Å². The van der Waals surface area contributed by atoms with E-state index in [-0.39, 0.29) is 0 Å². The standard InChI is InChI=1S/C34H41N5O8/c1-20-23(11-8-12-26(20)22-9-6-5-7-10-22)19-46-25-13-28(44-3)27(29(14-25)45-4)16-35-15-24-17-39(38-37-24)34-31(36-21(2)41)33(43)32(42)30(18-40)47-34/h5-14,17,30-35,40,42-43H,15-16,18-19H2,1-4H3,(H,36,41)/t30-,31-,32-,33-,34-/m1/s1. The van der Waals surface area contributed by atoms with E-state index in [4.69, 9.17) is 18.9 Å². The fourth-order valence-corrected chi connectivity index (χ4v) is 5.70. The number of hydrogen-bond acceptors (Lipinski definition) is 11. The number of carbonyl (C=O) groups is 1. The highest BCUT2D eigenvalue weighted by molar-refractivity contribution is 5.73. The zero-order valence-corrected chi connectivity index (χ0v) is 26.8. The first-order valence-corrected chi connectivity index (χ1v) is 15.3. The molecule has 5 N–H and O–H groups in total. The van der Waals surface area contributed by atoms with Crippen LogP contribution >= 0.6 is 0 Å². The fraction of sp³-hybridized carbons (Fsp3) is 0.382. The molecular weight excluding hydrogens is 606 g/mol. The quantitative estimate of drug-likeness (QED) is 0.144. The van der Waals surface area contributed by atoms with Crippen molar-refractivity contribution in [2.45, 2.75) is 64.1 Å². The van der Waals surface area contributed by atoms with Gasteiger partial charge in [0.05, 0.1) is 38.3 Å². The van der Waals surface area contributed by atoms with Crippen molar-refractivity contribution in [1.29, 1.82) is 0 Å². The van der Waals surface area contributed by atoms with Crippen molar-refractivity contribution in [1.82, 2.24) is 25.6 Å².